The molecule has 2 unspecified atom stereocenters. The number of rotatable bonds is 6. The summed E-state index contributed by atoms with van der Waals surface area (Å²) in [6.07, 6.45) is 3.34. The van der Waals surface area contributed by atoms with Crippen LogP contribution in [0.1, 0.15) is 43.7 Å². The van der Waals surface area contributed by atoms with E-state index in [0.29, 0.717) is 10.0 Å². The van der Waals surface area contributed by atoms with E-state index in [2.05, 4.69) is 34.5 Å². The minimum absolute atomic E-state index is 0.00316. The Labute approximate surface area is 171 Å². The zero-order chi connectivity index (χ0) is 19.4. The first-order valence-electron chi connectivity index (χ1n) is 9.53. The van der Waals surface area contributed by atoms with E-state index in [0.717, 1.165) is 25.1 Å². The van der Waals surface area contributed by atoms with Crippen molar-refractivity contribution in [2.24, 2.45) is 0 Å². The second-order valence-electron chi connectivity index (χ2n) is 7.37. The fraction of sp³-hybridized carbons (Fsp3) is 0.409. The Morgan fingerprint density at radius 1 is 1.07 bits per heavy atom. The molecule has 1 amide bonds. The van der Waals surface area contributed by atoms with Crippen molar-refractivity contribution in [3.63, 3.8) is 0 Å². The number of carbonyl (C=O) groups is 1. The topological polar surface area (TPSA) is 32.3 Å². The van der Waals surface area contributed by atoms with Gasteiger partial charge < -0.3 is 10.2 Å². The summed E-state index contributed by atoms with van der Waals surface area (Å²) in [5, 5.41) is 4.09. The van der Waals surface area contributed by atoms with Crippen LogP contribution >= 0.6 is 23.2 Å². The summed E-state index contributed by atoms with van der Waals surface area (Å²) < 4.78 is 0. The fourth-order valence-electron chi connectivity index (χ4n) is 3.56. The molecule has 3 nitrogen and oxygen atoms in total. The van der Waals surface area contributed by atoms with Gasteiger partial charge in [-0.05, 0) is 68.5 Å². The van der Waals surface area contributed by atoms with E-state index in [4.69, 9.17) is 23.2 Å². The second-order valence-corrected chi connectivity index (χ2v) is 8.19. The zero-order valence-electron chi connectivity index (χ0n) is 15.8. The molecule has 0 spiro atoms. The van der Waals surface area contributed by atoms with E-state index >= 15 is 0 Å². The summed E-state index contributed by atoms with van der Waals surface area (Å²) in [6.45, 7) is 6.20. The molecule has 1 fully saturated rings. The van der Waals surface area contributed by atoms with Crippen LogP contribution in [0.25, 0.3) is 0 Å². The van der Waals surface area contributed by atoms with Gasteiger partial charge in [0.2, 0.25) is 5.91 Å². The summed E-state index contributed by atoms with van der Waals surface area (Å²) in [4.78, 5) is 15.1. The highest BCUT2D eigenvalue weighted by atomic mass is 35.5. The lowest BCUT2D eigenvalue weighted by atomic mass is 9.99. The number of benzene rings is 2. The quantitative estimate of drug-likeness (QED) is 0.694. The number of hydrogen-bond acceptors (Lipinski definition) is 2. The predicted octanol–water partition coefficient (Wildman–Crippen LogP) is 5.44. The predicted molar refractivity (Wildman–Crippen MR) is 114 cm³/mol. The highest BCUT2D eigenvalue weighted by molar-refractivity contribution is 6.42. The van der Waals surface area contributed by atoms with Gasteiger partial charge in [-0.1, -0.05) is 41.4 Å². The third-order valence-corrected chi connectivity index (χ3v) is 5.89. The average Bonchev–Trinajstić information content (AvgIpc) is 3.18. The Hall–Kier alpha value is -1.71. The van der Waals surface area contributed by atoms with Gasteiger partial charge >= 0.3 is 0 Å². The average molecular weight is 405 g/mol. The SMILES string of the molecule is CC(Cc1cccc(N2CCCC2)c1)NC(=O)C(C)c1ccc(Cl)c(Cl)c1. The lowest BCUT2D eigenvalue weighted by Crippen LogP contribution is -2.36. The molecule has 2 aromatic rings. The normalized spacial score (nSPS) is 16.2. The molecule has 1 aliphatic heterocycles. The molecule has 0 aromatic heterocycles. The van der Waals surface area contributed by atoms with Crippen molar-refractivity contribution in [2.45, 2.75) is 45.1 Å². The first-order chi connectivity index (χ1) is 12.9. The lowest BCUT2D eigenvalue weighted by Gasteiger charge is -2.21. The van der Waals surface area contributed by atoms with Gasteiger partial charge in [0, 0.05) is 24.8 Å². The van der Waals surface area contributed by atoms with Crippen LogP contribution in [0.2, 0.25) is 10.0 Å². The van der Waals surface area contributed by atoms with Crippen molar-refractivity contribution in [3.8, 4) is 0 Å². The summed E-state index contributed by atoms with van der Waals surface area (Å²) in [5.74, 6) is -0.283. The van der Waals surface area contributed by atoms with Crippen molar-refractivity contribution in [1.29, 1.82) is 0 Å². The molecule has 1 heterocycles. The number of carbonyl (C=O) groups excluding carboxylic acids is 1. The van der Waals surface area contributed by atoms with Crippen LogP contribution in [0.15, 0.2) is 42.5 Å². The van der Waals surface area contributed by atoms with Crippen LogP contribution in [0.5, 0.6) is 0 Å². The minimum atomic E-state index is -0.279. The molecule has 1 aliphatic rings. The molecule has 1 N–H and O–H groups in total. The van der Waals surface area contributed by atoms with E-state index in [9.17, 15) is 4.79 Å². The van der Waals surface area contributed by atoms with Crippen molar-refractivity contribution in [3.05, 3.63) is 63.6 Å². The zero-order valence-corrected chi connectivity index (χ0v) is 17.4. The van der Waals surface area contributed by atoms with Crippen molar-refractivity contribution in [2.75, 3.05) is 18.0 Å². The van der Waals surface area contributed by atoms with Crippen molar-refractivity contribution in [1.82, 2.24) is 5.32 Å². The minimum Gasteiger partial charge on any atom is -0.372 e. The van der Waals surface area contributed by atoms with Gasteiger partial charge in [-0.2, -0.15) is 0 Å². The molecule has 0 bridgehead atoms. The van der Waals surface area contributed by atoms with Gasteiger partial charge in [0.25, 0.3) is 0 Å². The van der Waals surface area contributed by atoms with E-state index < -0.39 is 0 Å². The second kappa shape index (κ2) is 8.99. The van der Waals surface area contributed by atoms with E-state index in [1.807, 2.05) is 19.9 Å². The molecular weight excluding hydrogens is 379 g/mol. The van der Waals surface area contributed by atoms with Gasteiger partial charge in [-0.25, -0.2) is 0 Å². The Kier molecular flexibility index (Phi) is 6.67. The number of halogens is 2. The molecule has 2 atom stereocenters. The molecule has 0 saturated carbocycles. The van der Waals surface area contributed by atoms with Gasteiger partial charge in [0.15, 0.2) is 0 Å². The number of nitrogens with zero attached hydrogens (tertiary/aromatic N) is 1. The highest BCUT2D eigenvalue weighted by Gasteiger charge is 2.19. The Bertz CT molecular complexity index is 803. The van der Waals surface area contributed by atoms with Gasteiger partial charge in [-0.3, -0.25) is 4.79 Å². The summed E-state index contributed by atoms with van der Waals surface area (Å²) in [5.41, 5.74) is 3.40. The maximum Gasteiger partial charge on any atom is 0.227 e. The molecule has 27 heavy (non-hydrogen) atoms. The van der Waals surface area contributed by atoms with E-state index in [1.165, 1.54) is 24.1 Å². The largest absolute Gasteiger partial charge is 0.372 e. The van der Waals surface area contributed by atoms with Gasteiger partial charge in [0.05, 0.1) is 16.0 Å². The number of nitrogens with one attached hydrogen (secondary N) is 1. The van der Waals surface area contributed by atoms with Crippen LogP contribution in [-0.2, 0) is 11.2 Å². The molecule has 0 radical (unpaired) electrons. The molecule has 2 aromatic carbocycles. The van der Waals surface area contributed by atoms with E-state index in [-0.39, 0.29) is 17.9 Å². The smallest absolute Gasteiger partial charge is 0.227 e. The lowest BCUT2D eigenvalue weighted by molar-refractivity contribution is -0.122. The Morgan fingerprint density at radius 2 is 1.81 bits per heavy atom. The third kappa shape index (κ3) is 5.18. The van der Waals surface area contributed by atoms with E-state index in [1.54, 1.807) is 12.1 Å². The third-order valence-electron chi connectivity index (χ3n) is 5.15. The van der Waals surface area contributed by atoms with Crippen LogP contribution < -0.4 is 10.2 Å². The maximum absolute atomic E-state index is 12.6. The van der Waals surface area contributed by atoms with Crippen LogP contribution in [0.3, 0.4) is 0 Å². The molecule has 0 aliphatic carbocycles. The number of amides is 1. The monoisotopic (exact) mass is 404 g/mol. The highest BCUT2D eigenvalue weighted by Crippen LogP contribution is 2.27. The summed E-state index contributed by atoms with van der Waals surface area (Å²) in [7, 11) is 0. The molecular formula is C22H26Cl2N2O. The molecule has 5 heteroatoms. The molecule has 1 saturated heterocycles. The summed E-state index contributed by atoms with van der Waals surface area (Å²) >= 11 is 12.0. The fourth-order valence-corrected chi connectivity index (χ4v) is 3.87. The van der Waals surface area contributed by atoms with Crippen molar-refractivity contribution < 1.29 is 4.79 Å². The van der Waals surface area contributed by atoms with Crippen molar-refractivity contribution >= 4 is 34.8 Å². The van der Waals surface area contributed by atoms with Crippen LogP contribution in [0, 0.1) is 0 Å². The number of anilines is 1. The first-order valence-corrected chi connectivity index (χ1v) is 10.3. The standard InChI is InChI=1S/C22H26Cl2N2O/c1-15(12-17-6-5-7-19(13-17)26-10-3-4-11-26)25-22(27)16(2)18-8-9-20(23)21(24)14-18/h5-9,13-16H,3-4,10-12H2,1-2H3,(H,25,27). The van der Waals surface area contributed by atoms with Gasteiger partial charge in [0.1, 0.15) is 0 Å². The first kappa shape index (κ1) is 20.0. The molecule has 3 rings (SSSR count). The maximum atomic E-state index is 12.6. The van der Waals surface area contributed by atoms with Gasteiger partial charge in [-0.15, -0.1) is 0 Å². The summed E-state index contributed by atoms with van der Waals surface area (Å²) in [6, 6.07) is 14.1. The Morgan fingerprint density at radius 3 is 2.52 bits per heavy atom. The van der Waals surface area contributed by atoms with Crippen LogP contribution in [-0.4, -0.2) is 25.0 Å². The molecule has 144 valence electrons. The van der Waals surface area contributed by atoms with Crippen LogP contribution in [0.4, 0.5) is 5.69 Å². The Balaban J connectivity index is 1.59. The number of hydrogen-bond donors (Lipinski definition) is 1.